The van der Waals surface area contributed by atoms with Crippen molar-refractivity contribution in [1.82, 2.24) is 14.7 Å². The van der Waals surface area contributed by atoms with Crippen LogP contribution in [-0.2, 0) is 0 Å². The van der Waals surface area contributed by atoms with Gasteiger partial charge in [-0.2, -0.15) is 4.90 Å². The fourth-order valence-corrected chi connectivity index (χ4v) is 3.06. The summed E-state index contributed by atoms with van der Waals surface area (Å²) in [5.41, 5.74) is 2.65. The van der Waals surface area contributed by atoms with Crippen LogP contribution in [0.2, 0.25) is 0 Å². The minimum Gasteiger partial charge on any atom is -0.325 e. The number of hydrogen-bond acceptors (Lipinski definition) is 3. The van der Waals surface area contributed by atoms with Gasteiger partial charge in [-0.3, -0.25) is 5.41 Å². The third kappa shape index (κ3) is 5.71. The van der Waals surface area contributed by atoms with Crippen LogP contribution in [0.1, 0.15) is 51.7 Å². The van der Waals surface area contributed by atoms with Crippen LogP contribution in [0.15, 0.2) is 18.2 Å². The first-order chi connectivity index (χ1) is 13.3. The molecule has 1 aromatic rings. The van der Waals surface area contributed by atoms with E-state index in [1.165, 1.54) is 0 Å². The zero-order valence-electron chi connectivity index (χ0n) is 18.1. The van der Waals surface area contributed by atoms with Crippen molar-refractivity contribution in [1.29, 1.82) is 5.41 Å². The molecule has 0 saturated carbocycles. The second-order valence-electron chi connectivity index (χ2n) is 6.80. The Morgan fingerprint density at radius 2 is 1.32 bits per heavy atom. The number of nitrogens with zero attached hydrogens (tertiary/aromatic N) is 3. The van der Waals surface area contributed by atoms with Crippen LogP contribution in [-0.4, -0.2) is 58.9 Å². The van der Waals surface area contributed by atoms with E-state index in [4.69, 9.17) is 5.41 Å². The number of para-hydroxylation sites is 1. The fourth-order valence-electron chi connectivity index (χ4n) is 3.06. The first-order valence-corrected chi connectivity index (χ1v) is 10.1. The van der Waals surface area contributed by atoms with E-state index in [2.05, 4.69) is 5.32 Å². The Hall–Kier alpha value is -2.57. The van der Waals surface area contributed by atoms with Crippen LogP contribution in [0.4, 0.5) is 15.3 Å². The molecule has 0 aromatic heterocycles. The third-order valence-corrected chi connectivity index (χ3v) is 4.62. The maximum atomic E-state index is 13.2. The molecule has 0 bridgehead atoms. The molecule has 7 nitrogen and oxygen atoms in total. The van der Waals surface area contributed by atoms with Gasteiger partial charge in [0, 0.05) is 31.9 Å². The van der Waals surface area contributed by atoms with Gasteiger partial charge in [0.25, 0.3) is 0 Å². The SMILES string of the molecule is CCCN(CC)C(=O)N(C(=N)Nc1c(C)cccc1C)C(=O)N(CC)CCC. The molecule has 28 heavy (non-hydrogen) atoms. The van der Waals surface area contributed by atoms with E-state index < -0.39 is 12.1 Å². The molecule has 0 atom stereocenters. The number of aryl methyl sites for hydroxylation is 2. The zero-order chi connectivity index (χ0) is 21.3. The van der Waals surface area contributed by atoms with Crippen molar-refractivity contribution >= 4 is 23.7 Å². The minimum absolute atomic E-state index is 0.225. The Bertz CT molecular complexity index is 643. The number of carbonyl (C=O) groups excluding carboxylic acids is 2. The second-order valence-corrected chi connectivity index (χ2v) is 6.80. The third-order valence-electron chi connectivity index (χ3n) is 4.62. The van der Waals surface area contributed by atoms with E-state index in [0.29, 0.717) is 26.2 Å². The Morgan fingerprint density at radius 1 is 0.893 bits per heavy atom. The molecule has 0 heterocycles. The largest absolute Gasteiger partial charge is 0.335 e. The molecule has 1 aromatic carbocycles. The lowest BCUT2D eigenvalue weighted by atomic mass is 10.1. The van der Waals surface area contributed by atoms with Crippen molar-refractivity contribution in [2.24, 2.45) is 0 Å². The molecule has 0 radical (unpaired) electrons. The van der Waals surface area contributed by atoms with Gasteiger partial charge in [0.1, 0.15) is 0 Å². The second kappa shape index (κ2) is 11.3. The van der Waals surface area contributed by atoms with Crippen molar-refractivity contribution in [3.63, 3.8) is 0 Å². The number of guanidine groups is 1. The van der Waals surface area contributed by atoms with Crippen molar-refractivity contribution in [2.45, 2.75) is 54.4 Å². The first kappa shape index (κ1) is 23.5. The molecule has 0 aliphatic rings. The number of rotatable bonds is 7. The fraction of sp³-hybridized carbons (Fsp3) is 0.571. The van der Waals surface area contributed by atoms with Gasteiger partial charge in [-0.15, -0.1) is 0 Å². The summed E-state index contributed by atoms with van der Waals surface area (Å²) in [5, 5.41) is 11.6. The standard InChI is InChI=1S/C21H35N5O2/c1-7-14-24(9-3)20(27)26(21(28)25(10-4)15-8-2)19(22)23-18-16(5)12-11-13-17(18)6/h11-13H,7-10,14-15H2,1-6H3,(H2,22,23). The van der Waals surface area contributed by atoms with Crippen molar-refractivity contribution < 1.29 is 9.59 Å². The van der Waals surface area contributed by atoms with Gasteiger partial charge in [0.2, 0.25) is 5.96 Å². The number of carbonyl (C=O) groups is 2. The van der Waals surface area contributed by atoms with Crippen molar-refractivity contribution in [3.8, 4) is 0 Å². The molecule has 0 unspecified atom stereocenters. The van der Waals surface area contributed by atoms with Crippen LogP contribution >= 0.6 is 0 Å². The number of anilines is 1. The van der Waals surface area contributed by atoms with E-state index >= 15 is 0 Å². The van der Waals surface area contributed by atoms with Crippen LogP contribution in [0.5, 0.6) is 0 Å². The highest BCUT2D eigenvalue weighted by atomic mass is 16.2. The number of urea groups is 2. The number of imide groups is 1. The molecule has 0 aliphatic heterocycles. The minimum atomic E-state index is -0.465. The van der Waals surface area contributed by atoms with Gasteiger partial charge in [-0.1, -0.05) is 32.0 Å². The molecule has 0 aliphatic carbocycles. The van der Waals surface area contributed by atoms with Crippen LogP contribution in [0.25, 0.3) is 0 Å². The van der Waals surface area contributed by atoms with E-state index in [9.17, 15) is 9.59 Å². The number of nitrogens with one attached hydrogen (secondary N) is 2. The highest BCUT2D eigenvalue weighted by molar-refractivity contribution is 6.14. The predicted octanol–water partition coefficient (Wildman–Crippen LogP) is 4.66. The Kier molecular flexibility index (Phi) is 9.48. The predicted molar refractivity (Wildman–Crippen MR) is 115 cm³/mol. The topological polar surface area (TPSA) is 79.7 Å². The molecule has 0 saturated heterocycles. The van der Waals surface area contributed by atoms with E-state index in [-0.39, 0.29) is 5.96 Å². The molecule has 4 amide bonds. The average Bonchev–Trinajstić information content (AvgIpc) is 2.67. The number of benzene rings is 1. The summed E-state index contributed by atoms with van der Waals surface area (Å²) in [4.78, 5) is 30.5. The quantitative estimate of drug-likeness (QED) is 0.526. The molecule has 1 rings (SSSR count). The lowest BCUT2D eigenvalue weighted by molar-refractivity contribution is 0.155. The molecule has 156 valence electrons. The van der Waals surface area contributed by atoms with E-state index in [1.807, 2.05) is 59.7 Å². The maximum Gasteiger partial charge on any atom is 0.335 e. The first-order valence-electron chi connectivity index (χ1n) is 10.1. The summed E-state index contributed by atoms with van der Waals surface area (Å²) in [7, 11) is 0. The monoisotopic (exact) mass is 389 g/mol. The number of hydrogen-bond donors (Lipinski definition) is 2. The summed E-state index contributed by atoms with van der Waals surface area (Å²) >= 11 is 0. The number of amides is 4. The van der Waals surface area contributed by atoms with Gasteiger partial charge in [0.15, 0.2) is 0 Å². The van der Waals surface area contributed by atoms with E-state index in [1.54, 1.807) is 9.80 Å². The normalized spacial score (nSPS) is 10.4. The molecule has 7 heteroatoms. The molecule has 2 N–H and O–H groups in total. The van der Waals surface area contributed by atoms with Gasteiger partial charge in [-0.25, -0.2) is 9.59 Å². The van der Waals surface area contributed by atoms with E-state index in [0.717, 1.165) is 34.6 Å². The molecular formula is C21H35N5O2. The summed E-state index contributed by atoms with van der Waals surface area (Å²) in [6, 6.07) is 4.87. The Balaban J connectivity index is 3.26. The average molecular weight is 390 g/mol. The van der Waals surface area contributed by atoms with Crippen LogP contribution < -0.4 is 5.32 Å². The summed E-state index contributed by atoms with van der Waals surface area (Å²) in [5.74, 6) is -0.225. The Labute approximate surface area is 169 Å². The van der Waals surface area contributed by atoms with Gasteiger partial charge >= 0.3 is 12.1 Å². The summed E-state index contributed by atoms with van der Waals surface area (Å²) in [6.07, 6.45) is 1.57. The van der Waals surface area contributed by atoms with Crippen LogP contribution in [0.3, 0.4) is 0 Å². The summed E-state index contributed by atoms with van der Waals surface area (Å²) < 4.78 is 0. The lowest BCUT2D eigenvalue weighted by Gasteiger charge is -2.32. The van der Waals surface area contributed by atoms with Crippen LogP contribution in [0, 0.1) is 19.3 Å². The molecule has 0 spiro atoms. The summed E-state index contributed by atoms with van der Waals surface area (Å²) in [6.45, 7) is 13.6. The lowest BCUT2D eigenvalue weighted by Crippen LogP contribution is -2.55. The van der Waals surface area contributed by atoms with Crippen molar-refractivity contribution in [2.75, 3.05) is 31.5 Å². The highest BCUT2D eigenvalue weighted by Gasteiger charge is 2.32. The van der Waals surface area contributed by atoms with Crippen molar-refractivity contribution in [3.05, 3.63) is 29.3 Å². The highest BCUT2D eigenvalue weighted by Crippen LogP contribution is 2.20. The maximum absolute atomic E-state index is 13.2. The van der Waals surface area contributed by atoms with Gasteiger partial charge < -0.3 is 15.1 Å². The zero-order valence-corrected chi connectivity index (χ0v) is 18.1. The van der Waals surface area contributed by atoms with Gasteiger partial charge in [0.05, 0.1) is 0 Å². The Morgan fingerprint density at radius 3 is 1.68 bits per heavy atom. The molecule has 0 fully saturated rings. The smallest absolute Gasteiger partial charge is 0.325 e. The van der Waals surface area contributed by atoms with Gasteiger partial charge in [-0.05, 0) is 51.7 Å². The molecular weight excluding hydrogens is 354 g/mol.